The number of H-pyrrole nitrogens is 1. The van der Waals surface area contributed by atoms with E-state index in [1.165, 1.54) is 12.1 Å². The van der Waals surface area contributed by atoms with Crippen molar-refractivity contribution in [3.8, 4) is 0 Å². The molecule has 0 amide bonds. The van der Waals surface area contributed by atoms with Gasteiger partial charge in [0, 0.05) is 24.2 Å². The van der Waals surface area contributed by atoms with Gasteiger partial charge in [-0.3, -0.25) is 10.1 Å². The van der Waals surface area contributed by atoms with Crippen molar-refractivity contribution in [2.45, 2.75) is 43.9 Å². The highest BCUT2D eigenvalue weighted by molar-refractivity contribution is 5.80. The lowest BCUT2D eigenvalue weighted by Crippen LogP contribution is -2.45. The van der Waals surface area contributed by atoms with E-state index in [0.717, 1.165) is 37.1 Å². The third-order valence-corrected chi connectivity index (χ3v) is 4.62. The summed E-state index contributed by atoms with van der Waals surface area (Å²) in [7, 11) is 0. The van der Waals surface area contributed by atoms with Crippen LogP contribution in [0.1, 0.15) is 25.7 Å². The SMILES string of the molecule is O=[N+]([O-])c1ccc2nc(N3C4CCC3CC(O)C4)[nH]c2c1. The minimum atomic E-state index is -0.402. The summed E-state index contributed by atoms with van der Waals surface area (Å²) in [6.45, 7) is 0. The van der Waals surface area contributed by atoms with Crippen LogP contribution in [0.15, 0.2) is 18.2 Å². The Labute approximate surface area is 120 Å². The Hall–Kier alpha value is -2.15. The molecule has 0 radical (unpaired) electrons. The highest BCUT2D eigenvalue weighted by atomic mass is 16.6. The molecule has 0 saturated carbocycles. The van der Waals surface area contributed by atoms with Crippen LogP contribution in [-0.4, -0.2) is 38.2 Å². The number of anilines is 1. The highest BCUT2D eigenvalue weighted by Crippen LogP contribution is 2.38. The molecule has 2 unspecified atom stereocenters. The maximum absolute atomic E-state index is 10.8. The van der Waals surface area contributed by atoms with Gasteiger partial charge in [-0.05, 0) is 31.7 Å². The van der Waals surface area contributed by atoms with Crippen LogP contribution in [0.3, 0.4) is 0 Å². The van der Waals surface area contributed by atoms with Crippen molar-refractivity contribution in [1.29, 1.82) is 0 Å². The summed E-state index contributed by atoms with van der Waals surface area (Å²) < 4.78 is 0. The first-order chi connectivity index (χ1) is 10.1. The van der Waals surface area contributed by atoms with E-state index in [9.17, 15) is 15.2 Å². The Balaban J connectivity index is 1.73. The van der Waals surface area contributed by atoms with Gasteiger partial charge in [0.1, 0.15) is 0 Å². The molecule has 2 fully saturated rings. The molecule has 2 aromatic rings. The van der Waals surface area contributed by atoms with Crippen LogP contribution in [0, 0.1) is 10.1 Å². The summed E-state index contributed by atoms with van der Waals surface area (Å²) in [6.07, 6.45) is 3.46. The minimum absolute atomic E-state index is 0.0646. The zero-order valence-corrected chi connectivity index (χ0v) is 11.4. The molecule has 1 aromatic carbocycles. The predicted octanol–water partition coefficient (Wildman–Crippen LogP) is 1.96. The van der Waals surface area contributed by atoms with Crippen LogP contribution in [0.4, 0.5) is 11.6 Å². The second kappa shape index (κ2) is 4.42. The first-order valence-corrected chi connectivity index (χ1v) is 7.22. The van der Waals surface area contributed by atoms with Gasteiger partial charge in [0.05, 0.1) is 22.1 Å². The lowest BCUT2D eigenvalue weighted by molar-refractivity contribution is -0.384. The van der Waals surface area contributed by atoms with E-state index in [2.05, 4.69) is 14.9 Å². The van der Waals surface area contributed by atoms with Gasteiger partial charge >= 0.3 is 0 Å². The number of non-ortho nitro benzene ring substituents is 1. The molecule has 21 heavy (non-hydrogen) atoms. The Kier molecular flexibility index (Phi) is 2.65. The summed E-state index contributed by atoms with van der Waals surface area (Å²) >= 11 is 0. The van der Waals surface area contributed by atoms with Crippen molar-refractivity contribution in [2.75, 3.05) is 4.90 Å². The first-order valence-electron chi connectivity index (χ1n) is 7.22. The van der Waals surface area contributed by atoms with Crippen molar-refractivity contribution in [3.63, 3.8) is 0 Å². The number of aliphatic hydroxyl groups excluding tert-OH is 1. The normalized spacial score (nSPS) is 28.2. The summed E-state index contributed by atoms with van der Waals surface area (Å²) in [5, 5.41) is 20.7. The number of aliphatic hydroxyl groups is 1. The number of nitro benzene ring substituents is 1. The molecule has 110 valence electrons. The number of rotatable bonds is 2. The fourth-order valence-corrected chi connectivity index (χ4v) is 3.71. The number of aromatic amines is 1. The molecule has 2 bridgehead atoms. The number of hydrogen-bond donors (Lipinski definition) is 2. The third-order valence-electron chi connectivity index (χ3n) is 4.62. The van der Waals surface area contributed by atoms with Crippen molar-refractivity contribution < 1.29 is 10.0 Å². The third kappa shape index (κ3) is 1.96. The van der Waals surface area contributed by atoms with E-state index in [1.807, 2.05) is 0 Å². The number of nitrogens with one attached hydrogen (secondary N) is 1. The second-order valence-corrected chi connectivity index (χ2v) is 5.94. The Morgan fingerprint density at radius 3 is 2.71 bits per heavy atom. The van der Waals surface area contributed by atoms with Crippen LogP contribution < -0.4 is 4.90 Å². The van der Waals surface area contributed by atoms with Gasteiger partial charge in [0.25, 0.3) is 5.69 Å². The fraction of sp³-hybridized carbons (Fsp3) is 0.500. The second-order valence-electron chi connectivity index (χ2n) is 5.94. The molecule has 1 aromatic heterocycles. The number of nitrogens with zero attached hydrogens (tertiary/aromatic N) is 3. The standard InChI is InChI=1S/C14H16N4O3/c19-11-5-8-1-2-9(6-11)17(8)14-15-12-4-3-10(18(20)21)7-13(12)16-14/h3-4,7-9,11,19H,1-2,5-6H2,(H,15,16). The number of aromatic nitrogens is 2. The van der Waals surface area contributed by atoms with Gasteiger partial charge < -0.3 is 15.0 Å². The summed E-state index contributed by atoms with van der Waals surface area (Å²) in [4.78, 5) is 20.5. The van der Waals surface area contributed by atoms with Crippen LogP contribution in [0.25, 0.3) is 11.0 Å². The van der Waals surface area contributed by atoms with E-state index in [0.29, 0.717) is 17.6 Å². The van der Waals surface area contributed by atoms with E-state index in [4.69, 9.17) is 0 Å². The molecule has 0 aliphatic carbocycles. The molecule has 4 rings (SSSR count). The quantitative estimate of drug-likeness (QED) is 0.650. The molecule has 2 saturated heterocycles. The van der Waals surface area contributed by atoms with Gasteiger partial charge in [-0.2, -0.15) is 0 Å². The average molecular weight is 288 g/mol. The van der Waals surface area contributed by atoms with Gasteiger partial charge in [-0.1, -0.05) is 0 Å². The molecule has 2 N–H and O–H groups in total. The van der Waals surface area contributed by atoms with Crippen molar-refractivity contribution in [3.05, 3.63) is 28.3 Å². The molecular formula is C14H16N4O3. The van der Waals surface area contributed by atoms with Crippen LogP contribution >= 0.6 is 0 Å². The number of benzene rings is 1. The van der Waals surface area contributed by atoms with Crippen molar-refractivity contribution in [1.82, 2.24) is 9.97 Å². The van der Waals surface area contributed by atoms with Gasteiger partial charge in [0.15, 0.2) is 0 Å². The van der Waals surface area contributed by atoms with E-state index in [1.54, 1.807) is 6.07 Å². The van der Waals surface area contributed by atoms with Crippen LogP contribution in [0.5, 0.6) is 0 Å². The molecule has 3 heterocycles. The van der Waals surface area contributed by atoms with Gasteiger partial charge in [-0.25, -0.2) is 4.98 Å². The molecular weight excluding hydrogens is 272 g/mol. The molecule has 2 aliphatic rings. The first kappa shape index (κ1) is 12.6. The van der Waals surface area contributed by atoms with E-state index < -0.39 is 4.92 Å². The lowest BCUT2D eigenvalue weighted by atomic mass is 10.0. The zero-order valence-electron chi connectivity index (χ0n) is 11.4. The molecule has 7 heteroatoms. The summed E-state index contributed by atoms with van der Waals surface area (Å²) in [5.74, 6) is 0.768. The van der Waals surface area contributed by atoms with Gasteiger partial charge in [-0.15, -0.1) is 0 Å². The molecule has 2 atom stereocenters. The van der Waals surface area contributed by atoms with E-state index >= 15 is 0 Å². The molecule has 0 spiro atoms. The number of fused-ring (bicyclic) bond motifs is 3. The maximum Gasteiger partial charge on any atom is 0.271 e. The largest absolute Gasteiger partial charge is 0.393 e. The predicted molar refractivity (Wildman–Crippen MR) is 77.3 cm³/mol. The number of hydrogen-bond acceptors (Lipinski definition) is 5. The highest BCUT2D eigenvalue weighted by Gasteiger charge is 2.41. The smallest absolute Gasteiger partial charge is 0.271 e. The Morgan fingerprint density at radius 2 is 2.05 bits per heavy atom. The fourth-order valence-electron chi connectivity index (χ4n) is 3.71. The Bertz CT molecular complexity index is 699. The van der Waals surface area contributed by atoms with E-state index in [-0.39, 0.29) is 11.8 Å². The van der Waals surface area contributed by atoms with Crippen LogP contribution in [-0.2, 0) is 0 Å². The van der Waals surface area contributed by atoms with Crippen LogP contribution in [0.2, 0.25) is 0 Å². The minimum Gasteiger partial charge on any atom is -0.393 e. The number of piperidine rings is 1. The van der Waals surface area contributed by atoms with Crippen molar-refractivity contribution in [2.24, 2.45) is 0 Å². The van der Waals surface area contributed by atoms with Gasteiger partial charge in [0.2, 0.25) is 5.95 Å². The average Bonchev–Trinajstić information content (AvgIpc) is 2.96. The Morgan fingerprint density at radius 1 is 1.33 bits per heavy atom. The number of imidazole rings is 1. The monoisotopic (exact) mass is 288 g/mol. The molecule has 2 aliphatic heterocycles. The summed E-state index contributed by atoms with van der Waals surface area (Å²) in [5.41, 5.74) is 1.49. The summed E-state index contributed by atoms with van der Waals surface area (Å²) in [6, 6.07) is 5.30. The van der Waals surface area contributed by atoms with Crippen molar-refractivity contribution >= 4 is 22.7 Å². The molecule has 7 nitrogen and oxygen atoms in total. The zero-order chi connectivity index (χ0) is 14.6. The lowest BCUT2D eigenvalue weighted by Gasteiger charge is -2.36. The number of nitro groups is 1. The topological polar surface area (TPSA) is 95.3 Å². The maximum atomic E-state index is 10.8.